The van der Waals surface area contributed by atoms with Crippen LogP contribution < -0.4 is 11.4 Å². The molecule has 0 aliphatic rings. The first-order valence-corrected chi connectivity index (χ1v) is 4.03. The molecule has 0 saturated carbocycles. The molecule has 0 radical (unpaired) electrons. The minimum Gasteiger partial charge on any atom is -0.396 e. The van der Waals surface area contributed by atoms with Crippen LogP contribution in [0.25, 0.3) is 11.5 Å². The van der Waals surface area contributed by atoms with E-state index in [2.05, 4.69) is 19.9 Å². The highest BCUT2D eigenvalue weighted by atomic mass is 16.1. The number of nitrogens with one attached hydrogen (secondary N) is 2. The van der Waals surface area contributed by atoms with Crippen LogP contribution in [0, 0.1) is 6.92 Å². The van der Waals surface area contributed by atoms with Gasteiger partial charge in [-0.2, -0.15) is 4.98 Å². The molecule has 2 aromatic heterocycles. The number of hydrogen-bond donors (Lipinski definition) is 3. The van der Waals surface area contributed by atoms with Gasteiger partial charge < -0.3 is 15.7 Å². The van der Waals surface area contributed by atoms with Crippen molar-refractivity contribution in [3.8, 4) is 11.5 Å². The van der Waals surface area contributed by atoms with Crippen LogP contribution in [0.1, 0.15) is 5.69 Å². The molecular weight excluding hydrogens is 182 g/mol. The van der Waals surface area contributed by atoms with Crippen molar-refractivity contribution < 1.29 is 0 Å². The van der Waals surface area contributed by atoms with Crippen molar-refractivity contribution in [2.24, 2.45) is 0 Å². The quantitative estimate of drug-likeness (QED) is 0.592. The van der Waals surface area contributed by atoms with Crippen molar-refractivity contribution in [2.45, 2.75) is 6.92 Å². The van der Waals surface area contributed by atoms with E-state index in [0.717, 1.165) is 5.69 Å². The van der Waals surface area contributed by atoms with Crippen LogP contribution >= 0.6 is 0 Å². The van der Waals surface area contributed by atoms with Crippen LogP contribution in [0.5, 0.6) is 0 Å². The van der Waals surface area contributed by atoms with Crippen molar-refractivity contribution in [3.63, 3.8) is 0 Å². The van der Waals surface area contributed by atoms with Crippen LogP contribution in [0.3, 0.4) is 0 Å². The zero-order chi connectivity index (χ0) is 10.1. The smallest absolute Gasteiger partial charge is 0.345 e. The number of H-pyrrole nitrogens is 2. The predicted octanol–water partition coefficient (Wildman–Crippen LogP) is 0.0506. The lowest BCUT2D eigenvalue weighted by molar-refractivity contribution is 1.07. The summed E-state index contributed by atoms with van der Waals surface area (Å²) < 4.78 is 0. The molecule has 72 valence electrons. The third kappa shape index (κ3) is 1.37. The number of imidazole rings is 1. The highest BCUT2D eigenvalue weighted by Gasteiger charge is 2.06. The van der Waals surface area contributed by atoms with E-state index in [4.69, 9.17) is 5.73 Å². The molecule has 0 saturated heterocycles. The van der Waals surface area contributed by atoms with Gasteiger partial charge in [0.1, 0.15) is 5.69 Å². The lowest BCUT2D eigenvalue weighted by Gasteiger charge is -1.99. The average molecular weight is 191 g/mol. The van der Waals surface area contributed by atoms with Gasteiger partial charge in [-0.3, -0.25) is 0 Å². The third-order valence-corrected chi connectivity index (χ3v) is 1.78. The number of nitrogens with zero attached hydrogens (tertiary/aromatic N) is 2. The summed E-state index contributed by atoms with van der Waals surface area (Å²) in [7, 11) is 0. The van der Waals surface area contributed by atoms with Crippen LogP contribution in [0.4, 0.5) is 5.69 Å². The third-order valence-electron chi connectivity index (χ3n) is 1.78. The normalized spacial score (nSPS) is 10.4. The van der Waals surface area contributed by atoms with E-state index < -0.39 is 5.69 Å². The van der Waals surface area contributed by atoms with Gasteiger partial charge in [0.05, 0.1) is 11.9 Å². The molecule has 2 heterocycles. The Kier molecular flexibility index (Phi) is 1.81. The molecule has 0 aromatic carbocycles. The zero-order valence-electron chi connectivity index (χ0n) is 7.53. The Bertz CT molecular complexity index is 512. The average Bonchev–Trinajstić information content (AvgIpc) is 2.56. The molecular formula is C8H9N5O. The molecule has 0 amide bonds. The Morgan fingerprint density at radius 2 is 2.07 bits per heavy atom. The van der Waals surface area contributed by atoms with Crippen molar-refractivity contribution >= 4 is 5.69 Å². The van der Waals surface area contributed by atoms with Crippen molar-refractivity contribution in [1.29, 1.82) is 0 Å². The van der Waals surface area contributed by atoms with Gasteiger partial charge in [0.25, 0.3) is 0 Å². The number of hydrogen-bond acceptors (Lipinski definition) is 4. The van der Waals surface area contributed by atoms with Gasteiger partial charge in [-0.25, -0.2) is 9.78 Å². The first kappa shape index (κ1) is 8.49. The SMILES string of the molecule is Cc1cnc(-c2[nH]c(=O)ncc2N)[nH]1. The fourth-order valence-corrected chi connectivity index (χ4v) is 1.14. The van der Waals surface area contributed by atoms with E-state index in [0.29, 0.717) is 17.2 Å². The maximum absolute atomic E-state index is 11.0. The number of aryl methyl sites for hydroxylation is 1. The number of nitrogen functional groups attached to an aromatic ring is 1. The van der Waals surface area contributed by atoms with Gasteiger partial charge in [0.2, 0.25) is 0 Å². The first-order valence-electron chi connectivity index (χ1n) is 4.03. The second-order valence-corrected chi connectivity index (χ2v) is 2.93. The van der Waals surface area contributed by atoms with E-state index in [1.807, 2.05) is 6.92 Å². The minimum atomic E-state index is -0.441. The molecule has 6 nitrogen and oxygen atoms in total. The molecule has 0 spiro atoms. The zero-order valence-corrected chi connectivity index (χ0v) is 7.53. The first-order chi connectivity index (χ1) is 6.66. The van der Waals surface area contributed by atoms with Crippen molar-refractivity contribution in [1.82, 2.24) is 19.9 Å². The fraction of sp³-hybridized carbons (Fsp3) is 0.125. The van der Waals surface area contributed by atoms with Crippen LogP contribution in [0.2, 0.25) is 0 Å². The number of aromatic nitrogens is 4. The Balaban J connectivity index is 2.61. The highest BCUT2D eigenvalue weighted by Crippen LogP contribution is 2.16. The summed E-state index contributed by atoms with van der Waals surface area (Å²) in [5, 5.41) is 0. The molecule has 14 heavy (non-hydrogen) atoms. The topological polar surface area (TPSA) is 100 Å². The number of rotatable bonds is 1. The van der Waals surface area contributed by atoms with Crippen LogP contribution in [-0.4, -0.2) is 19.9 Å². The summed E-state index contributed by atoms with van der Waals surface area (Å²) in [4.78, 5) is 24.0. The number of nitrogens with two attached hydrogens (primary N) is 1. The van der Waals surface area contributed by atoms with Gasteiger partial charge in [-0.05, 0) is 6.92 Å². The number of aromatic amines is 2. The van der Waals surface area contributed by atoms with Crippen molar-refractivity contribution in [2.75, 3.05) is 5.73 Å². The standard InChI is InChI=1S/C8H9N5O/c1-4-2-10-7(12-4)6-5(9)3-11-8(14)13-6/h2-3H,9H2,1H3,(H,10,12)(H,11,13,14). The Labute approximate surface area is 79.2 Å². The second kappa shape index (κ2) is 2.99. The van der Waals surface area contributed by atoms with Gasteiger partial charge in [-0.15, -0.1) is 0 Å². The van der Waals surface area contributed by atoms with Crippen molar-refractivity contribution in [3.05, 3.63) is 28.6 Å². The Hall–Kier alpha value is -2.11. The molecule has 0 bridgehead atoms. The lowest BCUT2D eigenvalue weighted by Crippen LogP contribution is -2.12. The monoisotopic (exact) mass is 191 g/mol. The maximum Gasteiger partial charge on any atom is 0.345 e. The van der Waals surface area contributed by atoms with E-state index in [1.54, 1.807) is 6.20 Å². The summed E-state index contributed by atoms with van der Waals surface area (Å²) in [5.74, 6) is 0.541. The summed E-state index contributed by atoms with van der Waals surface area (Å²) in [6.07, 6.45) is 2.97. The molecule has 0 atom stereocenters. The molecule has 2 rings (SSSR count). The largest absolute Gasteiger partial charge is 0.396 e. The maximum atomic E-state index is 11.0. The fourth-order valence-electron chi connectivity index (χ4n) is 1.14. The predicted molar refractivity (Wildman–Crippen MR) is 51.6 cm³/mol. The highest BCUT2D eigenvalue weighted by molar-refractivity contribution is 5.65. The van der Waals surface area contributed by atoms with Crippen LogP contribution in [0.15, 0.2) is 17.2 Å². The molecule has 2 aromatic rings. The lowest BCUT2D eigenvalue weighted by atomic mass is 10.3. The van der Waals surface area contributed by atoms with Gasteiger partial charge in [0, 0.05) is 11.9 Å². The summed E-state index contributed by atoms with van der Waals surface area (Å²) >= 11 is 0. The summed E-state index contributed by atoms with van der Waals surface area (Å²) in [5.41, 5.74) is 6.96. The van der Waals surface area contributed by atoms with Crippen LogP contribution in [-0.2, 0) is 0 Å². The van der Waals surface area contributed by atoms with Gasteiger partial charge in [-0.1, -0.05) is 0 Å². The van der Waals surface area contributed by atoms with E-state index >= 15 is 0 Å². The molecule has 0 unspecified atom stereocenters. The van der Waals surface area contributed by atoms with E-state index in [9.17, 15) is 4.79 Å². The Morgan fingerprint density at radius 3 is 2.71 bits per heavy atom. The van der Waals surface area contributed by atoms with Gasteiger partial charge >= 0.3 is 5.69 Å². The molecule has 0 aliphatic heterocycles. The number of anilines is 1. The van der Waals surface area contributed by atoms with E-state index in [-0.39, 0.29) is 0 Å². The summed E-state index contributed by atoms with van der Waals surface area (Å²) in [6, 6.07) is 0. The van der Waals surface area contributed by atoms with E-state index in [1.165, 1.54) is 6.20 Å². The summed E-state index contributed by atoms with van der Waals surface area (Å²) in [6.45, 7) is 1.87. The second-order valence-electron chi connectivity index (χ2n) is 2.93. The molecule has 6 heteroatoms. The van der Waals surface area contributed by atoms with Gasteiger partial charge in [0.15, 0.2) is 5.82 Å². The molecule has 4 N–H and O–H groups in total. The molecule has 0 fully saturated rings. The Morgan fingerprint density at radius 1 is 1.29 bits per heavy atom. The minimum absolute atomic E-state index is 0.388. The molecule has 0 aliphatic carbocycles.